The molecule has 1 unspecified atom stereocenters. The van der Waals surface area contributed by atoms with Crippen molar-refractivity contribution in [2.75, 3.05) is 13.7 Å². The molecule has 20 heavy (non-hydrogen) atoms. The van der Waals surface area contributed by atoms with Crippen LogP contribution in [0, 0.1) is 0 Å². The van der Waals surface area contributed by atoms with Crippen molar-refractivity contribution in [3.05, 3.63) is 29.8 Å². The normalized spacial score (nSPS) is 14.5. The quantitative estimate of drug-likeness (QED) is 0.842. The fourth-order valence-corrected chi connectivity index (χ4v) is 1.92. The van der Waals surface area contributed by atoms with Gasteiger partial charge < -0.3 is 15.2 Å². The van der Waals surface area contributed by atoms with E-state index in [1.807, 2.05) is 18.2 Å². The maximum absolute atomic E-state index is 11.5. The molecule has 0 saturated heterocycles. The van der Waals surface area contributed by atoms with Gasteiger partial charge in [-0.3, -0.25) is 4.79 Å². The van der Waals surface area contributed by atoms with E-state index in [1.54, 1.807) is 6.92 Å². The molecule has 0 radical (unpaired) electrons. The first-order chi connectivity index (χ1) is 9.18. The van der Waals surface area contributed by atoms with Crippen molar-refractivity contribution in [1.29, 1.82) is 0 Å². The van der Waals surface area contributed by atoms with E-state index in [2.05, 4.69) is 31.6 Å². The first kappa shape index (κ1) is 16.5. The molecule has 1 aromatic rings. The lowest BCUT2D eigenvalue weighted by Gasteiger charge is -2.24. The van der Waals surface area contributed by atoms with Crippen LogP contribution >= 0.6 is 0 Å². The topological polar surface area (TPSA) is 61.5 Å². The SMILES string of the molecule is COC(=O)C(C)(N)CCOc1ccccc1C(C)(C)C. The highest BCUT2D eigenvalue weighted by atomic mass is 16.5. The Labute approximate surface area is 121 Å². The van der Waals surface area contributed by atoms with E-state index in [0.29, 0.717) is 13.0 Å². The fourth-order valence-electron chi connectivity index (χ4n) is 1.92. The average molecular weight is 279 g/mol. The Morgan fingerprint density at radius 2 is 1.80 bits per heavy atom. The molecule has 0 bridgehead atoms. The van der Waals surface area contributed by atoms with Crippen LogP contribution in [0.3, 0.4) is 0 Å². The van der Waals surface area contributed by atoms with Gasteiger partial charge in [0.15, 0.2) is 0 Å². The predicted octanol–water partition coefficient (Wildman–Crippen LogP) is 2.64. The van der Waals surface area contributed by atoms with E-state index >= 15 is 0 Å². The van der Waals surface area contributed by atoms with Gasteiger partial charge in [0.2, 0.25) is 0 Å². The Balaban J connectivity index is 2.70. The zero-order valence-electron chi connectivity index (χ0n) is 13.0. The average Bonchev–Trinajstić information content (AvgIpc) is 2.37. The van der Waals surface area contributed by atoms with Crippen molar-refractivity contribution in [2.45, 2.75) is 45.1 Å². The number of carbonyl (C=O) groups excluding carboxylic acids is 1. The van der Waals surface area contributed by atoms with Crippen molar-refractivity contribution < 1.29 is 14.3 Å². The van der Waals surface area contributed by atoms with Crippen molar-refractivity contribution in [3.63, 3.8) is 0 Å². The van der Waals surface area contributed by atoms with Crippen LogP contribution in [0.25, 0.3) is 0 Å². The number of carbonyl (C=O) groups is 1. The number of methoxy groups -OCH3 is 1. The van der Waals surface area contributed by atoms with Gasteiger partial charge in [0, 0.05) is 6.42 Å². The summed E-state index contributed by atoms with van der Waals surface area (Å²) in [6.07, 6.45) is 0.401. The Bertz CT molecular complexity index is 461. The summed E-state index contributed by atoms with van der Waals surface area (Å²) in [4.78, 5) is 11.5. The highest BCUT2D eigenvalue weighted by molar-refractivity contribution is 5.79. The van der Waals surface area contributed by atoms with Crippen LogP contribution < -0.4 is 10.5 Å². The van der Waals surface area contributed by atoms with Crippen LogP contribution in [0.2, 0.25) is 0 Å². The van der Waals surface area contributed by atoms with Crippen molar-refractivity contribution >= 4 is 5.97 Å². The number of para-hydroxylation sites is 1. The maximum Gasteiger partial charge on any atom is 0.325 e. The van der Waals surface area contributed by atoms with E-state index in [-0.39, 0.29) is 5.41 Å². The molecule has 1 atom stereocenters. The molecule has 1 aromatic carbocycles. The van der Waals surface area contributed by atoms with Gasteiger partial charge in [-0.25, -0.2) is 0 Å². The van der Waals surface area contributed by atoms with Crippen LogP contribution in [0.1, 0.15) is 39.7 Å². The summed E-state index contributed by atoms with van der Waals surface area (Å²) in [7, 11) is 1.34. The summed E-state index contributed by atoms with van der Waals surface area (Å²) in [6.45, 7) is 8.43. The van der Waals surface area contributed by atoms with Crippen LogP contribution in [0.5, 0.6) is 5.75 Å². The number of nitrogens with two attached hydrogens (primary N) is 1. The van der Waals surface area contributed by atoms with Crippen LogP contribution in [-0.2, 0) is 14.9 Å². The number of ether oxygens (including phenoxy) is 2. The molecule has 0 saturated carbocycles. The molecule has 0 amide bonds. The standard InChI is InChI=1S/C16H25NO3/c1-15(2,3)12-8-6-7-9-13(12)20-11-10-16(4,17)14(18)19-5/h6-9H,10-11,17H2,1-5H3. The molecule has 0 heterocycles. The minimum absolute atomic E-state index is 0.00492. The van der Waals surface area contributed by atoms with Gasteiger partial charge in [-0.15, -0.1) is 0 Å². The van der Waals surface area contributed by atoms with Gasteiger partial charge in [0.05, 0.1) is 13.7 Å². The van der Waals surface area contributed by atoms with Crippen molar-refractivity contribution in [1.82, 2.24) is 0 Å². The van der Waals surface area contributed by atoms with Gasteiger partial charge in [0.1, 0.15) is 11.3 Å². The third-order valence-corrected chi connectivity index (χ3v) is 3.23. The van der Waals surface area contributed by atoms with E-state index in [9.17, 15) is 4.79 Å². The second-order valence-electron chi connectivity index (χ2n) is 6.25. The highest BCUT2D eigenvalue weighted by Crippen LogP contribution is 2.31. The molecular weight excluding hydrogens is 254 g/mol. The van der Waals surface area contributed by atoms with Gasteiger partial charge >= 0.3 is 5.97 Å². The van der Waals surface area contributed by atoms with Crippen LogP contribution in [-0.4, -0.2) is 25.2 Å². The molecule has 0 spiro atoms. The van der Waals surface area contributed by atoms with Gasteiger partial charge in [-0.1, -0.05) is 39.0 Å². The summed E-state index contributed by atoms with van der Waals surface area (Å²) >= 11 is 0. The summed E-state index contributed by atoms with van der Waals surface area (Å²) < 4.78 is 10.5. The van der Waals surface area contributed by atoms with Gasteiger partial charge in [-0.05, 0) is 24.0 Å². The zero-order chi connectivity index (χ0) is 15.4. The number of benzene rings is 1. The lowest BCUT2D eigenvalue weighted by Crippen LogP contribution is -2.46. The first-order valence-corrected chi connectivity index (χ1v) is 6.78. The highest BCUT2D eigenvalue weighted by Gasteiger charge is 2.29. The lowest BCUT2D eigenvalue weighted by molar-refractivity contribution is -0.146. The van der Waals surface area contributed by atoms with E-state index in [1.165, 1.54) is 7.11 Å². The number of esters is 1. The van der Waals surface area contributed by atoms with Crippen molar-refractivity contribution in [2.24, 2.45) is 5.73 Å². The number of hydrogen-bond acceptors (Lipinski definition) is 4. The molecule has 0 aliphatic heterocycles. The Hall–Kier alpha value is -1.55. The number of rotatable bonds is 5. The Kier molecular flexibility index (Phi) is 5.17. The third kappa shape index (κ3) is 4.23. The zero-order valence-corrected chi connectivity index (χ0v) is 13.0. The van der Waals surface area contributed by atoms with Gasteiger partial charge in [0.25, 0.3) is 0 Å². The summed E-state index contributed by atoms with van der Waals surface area (Å²) in [5.41, 5.74) is 6.02. The summed E-state index contributed by atoms with van der Waals surface area (Å²) in [6, 6.07) is 7.92. The van der Waals surface area contributed by atoms with Crippen LogP contribution in [0.15, 0.2) is 24.3 Å². The second kappa shape index (κ2) is 6.27. The smallest absolute Gasteiger partial charge is 0.325 e. The third-order valence-electron chi connectivity index (χ3n) is 3.23. The molecular formula is C16H25NO3. The monoisotopic (exact) mass is 279 g/mol. The van der Waals surface area contributed by atoms with Crippen LogP contribution in [0.4, 0.5) is 0 Å². The molecule has 112 valence electrons. The largest absolute Gasteiger partial charge is 0.493 e. The Morgan fingerprint density at radius 1 is 1.20 bits per heavy atom. The predicted molar refractivity (Wildman–Crippen MR) is 79.9 cm³/mol. The lowest BCUT2D eigenvalue weighted by atomic mass is 9.86. The maximum atomic E-state index is 11.5. The molecule has 4 nitrogen and oxygen atoms in total. The second-order valence-corrected chi connectivity index (χ2v) is 6.25. The van der Waals surface area contributed by atoms with E-state index < -0.39 is 11.5 Å². The van der Waals surface area contributed by atoms with E-state index in [4.69, 9.17) is 10.5 Å². The van der Waals surface area contributed by atoms with E-state index in [0.717, 1.165) is 11.3 Å². The molecule has 0 aliphatic rings. The molecule has 0 fully saturated rings. The molecule has 0 aromatic heterocycles. The molecule has 2 N–H and O–H groups in total. The number of hydrogen-bond donors (Lipinski definition) is 1. The Morgan fingerprint density at radius 3 is 2.35 bits per heavy atom. The minimum Gasteiger partial charge on any atom is -0.493 e. The van der Waals surface area contributed by atoms with Gasteiger partial charge in [-0.2, -0.15) is 0 Å². The van der Waals surface area contributed by atoms with Crippen molar-refractivity contribution in [3.8, 4) is 5.75 Å². The fraction of sp³-hybridized carbons (Fsp3) is 0.562. The summed E-state index contributed by atoms with van der Waals surface area (Å²) in [5, 5.41) is 0. The molecule has 0 aliphatic carbocycles. The molecule has 4 heteroatoms. The first-order valence-electron chi connectivity index (χ1n) is 6.78. The minimum atomic E-state index is -1.02. The summed E-state index contributed by atoms with van der Waals surface area (Å²) in [5.74, 6) is 0.408. The molecule has 1 rings (SSSR count).